The van der Waals surface area contributed by atoms with Crippen LogP contribution in [0.1, 0.15) is 13.8 Å². The van der Waals surface area contributed by atoms with Crippen molar-refractivity contribution in [2.24, 2.45) is 5.92 Å². The highest BCUT2D eigenvalue weighted by Gasteiger charge is 2.32. The predicted octanol–water partition coefficient (Wildman–Crippen LogP) is 0.0228. The van der Waals surface area contributed by atoms with Crippen LogP contribution in [0, 0.1) is 5.92 Å². The maximum atomic E-state index is 12.4. The van der Waals surface area contributed by atoms with E-state index in [-0.39, 0.29) is 25.6 Å². The van der Waals surface area contributed by atoms with Crippen LogP contribution in [0.2, 0.25) is 0 Å². The Bertz CT molecular complexity index is 398. The SMILES string of the molecule is COC(=O)C1CN(C(=O)N(CC(=O)O)CC(C)C)CCO1. The van der Waals surface area contributed by atoms with Gasteiger partial charge >= 0.3 is 18.0 Å². The quantitative estimate of drug-likeness (QED) is 0.719. The molecule has 1 aliphatic rings. The van der Waals surface area contributed by atoms with Crippen molar-refractivity contribution >= 4 is 18.0 Å². The van der Waals surface area contributed by atoms with E-state index in [9.17, 15) is 14.4 Å². The Labute approximate surface area is 123 Å². The number of carbonyl (C=O) groups excluding carboxylic acids is 2. The van der Waals surface area contributed by atoms with Crippen LogP contribution in [0.5, 0.6) is 0 Å². The number of urea groups is 1. The molecule has 0 bridgehead atoms. The number of amides is 2. The molecule has 8 nitrogen and oxygen atoms in total. The van der Waals surface area contributed by atoms with Crippen molar-refractivity contribution in [1.82, 2.24) is 9.80 Å². The van der Waals surface area contributed by atoms with E-state index in [1.165, 1.54) is 16.9 Å². The largest absolute Gasteiger partial charge is 0.480 e. The lowest BCUT2D eigenvalue weighted by atomic mass is 10.2. The van der Waals surface area contributed by atoms with Crippen molar-refractivity contribution in [3.05, 3.63) is 0 Å². The third-order valence-electron chi connectivity index (χ3n) is 2.98. The van der Waals surface area contributed by atoms with Gasteiger partial charge in [-0.25, -0.2) is 9.59 Å². The Morgan fingerprint density at radius 1 is 1.43 bits per heavy atom. The minimum absolute atomic E-state index is 0.0692. The molecule has 1 saturated heterocycles. The van der Waals surface area contributed by atoms with E-state index in [2.05, 4.69) is 4.74 Å². The van der Waals surface area contributed by atoms with Gasteiger partial charge in [0.1, 0.15) is 6.54 Å². The second kappa shape index (κ2) is 7.82. The Hall–Kier alpha value is -1.83. The molecule has 0 spiro atoms. The summed E-state index contributed by atoms with van der Waals surface area (Å²) in [6.45, 7) is 4.38. The summed E-state index contributed by atoms with van der Waals surface area (Å²) >= 11 is 0. The summed E-state index contributed by atoms with van der Waals surface area (Å²) in [6, 6.07) is -0.400. The number of carboxylic acid groups (broad SMARTS) is 1. The fourth-order valence-electron chi connectivity index (χ4n) is 2.11. The fourth-order valence-corrected chi connectivity index (χ4v) is 2.11. The lowest BCUT2D eigenvalue weighted by Gasteiger charge is -2.35. The molecule has 1 atom stereocenters. The van der Waals surface area contributed by atoms with Crippen LogP contribution in [-0.4, -0.2) is 78.9 Å². The van der Waals surface area contributed by atoms with Gasteiger partial charge in [-0.15, -0.1) is 0 Å². The first-order chi connectivity index (χ1) is 9.85. The van der Waals surface area contributed by atoms with E-state index in [0.29, 0.717) is 13.1 Å². The number of carbonyl (C=O) groups is 3. The number of esters is 1. The highest BCUT2D eigenvalue weighted by atomic mass is 16.6. The zero-order chi connectivity index (χ0) is 16.0. The van der Waals surface area contributed by atoms with Crippen LogP contribution in [0.15, 0.2) is 0 Å². The molecule has 0 saturated carbocycles. The van der Waals surface area contributed by atoms with Gasteiger partial charge in [-0.05, 0) is 5.92 Å². The summed E-state index contributed by atoms with van der Waals surface area (Å²) in [5, 5.41) is 8.91. The molecular weight excluding hydrogens is 280 g/mol. The van der Waals surface area contributed by atoms with E-state index < -0.39 is 24.1 Å². The number of aliphatic carboxylic acids is 1. The molecule has 1 rings (SSSR count). The first-order valence-electron chi connectivity index (χ1n) is 6.80. The third-order valence-corrected chi connectivity index (χ3v) is 2.98. The number of methoxy groups -OCH3 is 1. The number of rotatable bonds is 5. The first kappa shape index (κ1) is 17.2. The fraction of sp³-hybridized carbons (Fsp3) is 0.769. The van der Waals surface area contributed by atoms with Gasteiger partial charge in [0.05, 0.1) is 20.3 Å². The van der Waals surface area contributed by atoms with E-state index in [1.807, 2.05) is 13.8 Å². The topological polar surface area (TPSA) is 96.4 Å². The zero-order valence-electron chi connectivity index (χ0n) is 12.6. The molecule has 1 heterocycles. The van der Waals surface area contributed by atoms with Gasteiger partial charge in [0.25, 0.3) is 0 Å². The number of nitrogens with zero attached hydrogens (tertiary/aromatic N) is 2. The number of morpholine rings is 1. The number of carboxylic acids is 1. The molecule has 1 fully saturated rings. The molecule has 1 unspecified atom stereocenters. The lowest BCUT2D eigenvalue weighted by molar-refractivity contribution is -0.158. The molecule has 8 heteroatoms. The lowest BCUT2D eigenvalue weighted by Crippen LogP contribution is -2.54. The molecule has 2 amide bonds. The zero-order valence-corrected chi connectivity index (χ0v) is 12.6. The van der Waals surface area contributed by atoms with Crippen molar-refractivity contribution in [2.45, 2.75) is 20.0 Å². The maximum absolute atomic E-state index is 12.4. The van der Waals surface area contributed by atoms with E-state index >= 15 is 0 Å². The minimum Gasteiger partial charge on any atom is -0.480 e. The molecule has 0 aromatic carbocycles. The first-order valence-corrected chi connectivity index (χ1v) is 6.80. The normalized spacial score (nSPS) is 18.5. The maximum Gasteiger partial charge on any atom is 0.336 e. The van der Waals surface area contributed by atoms with Gasteiger partial charge in [-0.3, -0.25) is 4.79 Å². The van der Waals surface area contributed by atoms with Gasteiger partial charge in [0.2, 0.25) is 0 Å². The van der Waals surface area contributed by atoms with Gasteiger partial charge in [0, 0.05) is 13.1 Å². The van der Waals surface area contributed by atoms with Crippen LogP contribution < -0.4 is 0 Å². The highest BCUT2D eigenvalue weighted by molar-refractivity contribution is 5.81. The Morgan fingerprint density at radius 3 is 2.62 bits per heavy atom. The monoisotopic (exact) mass is 302 g/mol. The van der Waals surface area contributed by atoms with Crippen LogP contribution >= 0.6 is 0 Å². The average molecular weight is 302 g/mol. The average Bonchev–Trinajstić information content (AvgIpc) is 2.44. The van der Waals surface area contributed by atoms with E-state index in [1.54, 1.807) is 0 Å². The van der Waals surface area contributed by atoms with Crippen molar-refractivity contribution in [1.29, 1.82) is 0 Å². The van der Waals surface area contributed by atoms with Crippen LogP contribution in [-0.2, 0) is 19.1 Å². The summed E-state index contributed by atoms with van der Waals surface area (Å²) in [5.41, 5.74) is 0. The number of hydrogen-bond donors (Lipinski definition) is 1. The summed E-state index contributed by atoms with van der Waals surface area (Å²) < 4.78 is 9.85. The predicted molar refractivity (Wildman–Crippen MR) is 72.8 cm³/mol. The number of ether oxygens (including phenoxy) is 2. The smallest absolute Gasteiger partial charge is 0.336 e. The summed E-state index contributed by atoms with van der Waals surface area (Å²) in [6.07, 6.45) is -0.821. The Morgan fingerprint density at radius 2 is 2.10 bits per heavy atom. The van der Waals surface area contributed by atoms with Crippen LogP contribution in [0.4, 0.5) is 4.79 Å². The van der Waals surface area contributed by atoms with Gasteiger partial charge in [-0.2, -0.15) is 0 Å². The molecule has 21 heavy (non-hydrogen) atoms. The van der Waals surface area contributed by atoms with Gasteiger partial charge < -0.3 is 24.4 Å². The molecule has 0 aliphatic carbocycles. The second-order valence-corrected chi connectivity index (χ2v) is 5.28. The van der Waals surface area contributed by atoms with Crippen LogP contribution in [0.25, 0.3) is 0 Å². The van der Waals surface area contributed by atoms with Crippen molar-refractivity contribution in [3.63, 3.8) is 0 Å². The Kier molecular flexibility index (Phi) is 6.41. The van der Waals surface area contributed by atoms with Crippen molar-refractivity contribution in [2.75, 3.05) is 39.9 Å². The number of hydrogen-bond acceptors (Lipinski definition) is 5. The molecule has 120 valence electrons. The van der Waals surface area contributed by atoms with Crippen molar-refractivity contribution < 1.29 is 29.0 Å². The van der Waals surface area contributed by atoms with Gasteiger partial charge in [-0.1, -0.05) is 13.8 Å². The van der Waals surface area contributed by atoms with E-state index in [0.717, 1.165) is 0 Å². The van der Waals surface area contributed by atoms with Crippen molar-refractivity contribution in [3.8, 4) is 0 Å². The Balaban J connectivity index is 2.72. The van der Waals surface area contributed by atoms with Gasteiger partial charge in [0.15, 0.2) is 6.10 Å². The summed E-state index contributed by atoms with van der Waals surface area (Å²) in [4.78, 5) is 37.5. The van der Waals surface area contributed by atoms with E-state index in [4.69, 9.17) is 9.84 Å². The second-order valence-electron chi connectivity index (χ2n) is 5.28. The summed E-state index contributed by atoms with van der Waals surface area (Å²) in [5.74, 6) is -1.46. The highest BCUT2D eigenvalue weighted by Crippen LogP contribution is 2.11. The molecular formula is C13H22N2O6. The molecule has 0 aromatic rings. The summed E-state index contributed by atoms with van der Waals surface area (Å²) in [7, 11) is 1.25. The van der Waals surface area contributed by atoms with Crippen LogP contribution in [0.3, 0.4) is 0 Å². The standard InChI is InChI=1S/C13H22N2O6/c1-9(2)6-15(8-11(16)17)13(19)14-4-5-21-10(7-14)12(18)20-3/h9-10H,4-8H2,1-3H3,(H,16,17). The molecule has 0 aromatic heterocycles. The third kappa shape index (κ3) is 5.22. The molecule has 1 N–H and O–H groups in total. The molecule has 1 aliphatic heterocycles. The minimum atomic E-state index is -1.07. The molecule has 0 radical (unpaired) electrons.